The largest absolute Gasteiger partial charge is 0.486 e. The summed E-state index contributed by atoms with van der Waals surface area (Å²) in [5, 5.41) is 2.42. The van der Waals surface area contributed by atoms with E-state index >= 15 is 0 Å². The maximum Gasteiger partial charge on any atom is 0.338 e. The summed E-state index contributed by atoms with van der Waals surface area (Å²) in [6.45, 7) is 0.425. The number of carbonyl (C=O) groups excluding carboxylic acids is 1. The van der Waals surface area contributed by atoms with Crippen molar-refractivity contribution in [2.45, 2.75) is 6.61 Å². The summed E-state index contributed by atoms with van der Waals surface area (Å²) in [5.74, 6) is 0.124. The van der Waals surface area contributed by atoms with Crippen molar-refractivity contribution in [2.24, 2.45) is 0 Å². The van der Waals surface area contributed by atoms with Gasteiger partial charge in [0.2, 0.25) is 0 Å². The normalized spacial score (nSPS) is 10.7. The molecule has 3 rings (SSSR count). The lowest BCUT2D eigenvalue weighted by Gasteiger charge is -2.07. The monoisotopic (exact) mass is 320 g/mol. The Labute approximate surface area is 128 Å². The standard InChI is InChI=1S/C14H12N2O3S2/c1-18-13(17)8-5-10(19-7-9-3-2-4-20-9)12-11(6-8)21-14(15)16-12/h2-6H,7H2,1H3,(H2,15,16). The highest BCUT2D eigenvalue weighted by molar-refractivity contribution is 7.22. The molecule has 3 aromatic rings. The van der Waals surface area contributed by atoms with Crippen LogP contribution in [0.5, 0.6) is 5.75 Å². The van der Waals surface area contributed by atoms with Crippen LogP contribution in [0.1, 0.15) is 15.2 Å². The fraction of sp³-hybridized carbons (Fsp3) is 0.143. The number of esters is 1. The fourth-order valence-electron chi connectivity index (χ4n) is 1.91. The number of methoxy groups -OCH3 is 1. The molecule has 108 valence electrons. The third kappa shape index (κ3) is 2.84. The second-order valence-electron chi connectivity index (χ2n) is 4.23. The fourth-order valence-corrected chi connectivity index (χ4v) is 3.31. The Morgan fingerprint density at radius 1 is 1.43 bits per heavy atom. The molecule has 0 unspecified atom stereocenters. The molecule has 0 aliphatic rings. The number of hydrogen-bond acceptors (Lipinski definition) is 7. The Kier molecular flexibility index (Phi) is 3.76. The first-order chi connectivity index (χ1) is 10.2. The van der Waals surface area contributed by atoms with Crippen molar-refractivity contribution in [3.63, 3.8) is 0 Å². The average molecular weight is 320 g/mol. The highest BCUT2D eigenvalue weighted by Gasteiger charge is 2.15. The Balaban J connectivity index is 1.99. The minimum atomic E-state index is -0.412. The Bertz CT molecular complexity index is 781. The van der Waals surface area contributed by atoms with Gasteiger partial charge in [0.25, 0.3) is 0 Å². The maximum absolute atomic E-state index is 11.7. The van der Waals surface area contributed by atoms with Crippen LogP contribution < -0.4 is 10.5 Å². The van der Waals surface area contributed by atoms with Crippen LogP contribution >= 0.6 is 22.7 Å². The van der Waals surface area contributed by atoms with Crippen molar-refractivity contribution in [1.82, 2.24) is 4.98 Å². The highest BCUT2D eigenvalue weighted by Crippen LogP contribution is 2.33. The van der Waals surface area contributed by atoms with E-state index in [2.05, 4.69) is 4.98 Å². The number of benzene rings is 1. The minimum absolute atomic E-state index is 0.412. The first-order valence-corrected chi connectivity index (χ1v) is 7.80. The number of fused-ring (bicyclic) bond motifs is 1. The van der Waals surface area contributed by atoms with E-state index in [-0.39, 0.29) is 0 Å². The molecular formula is C14H12N2O3S2. The van der Waals surface area contributed by atoms with Gasteiger partial charge in [0.1, 0.15) is 17.9 Å². The quantitative estimate of drug-likeness (QED) is 0.747. The number of ether oxygens (including phenoxy) is 2. The first-order valence-electron chi connectivity index (χ1n) is 6.11. The van der Waals surface area contributed by atoms with E-state index in [0.29, 0.717) is 28.6 Å². The molecule has 0 fully saturated rings. The molecule has 2 N–H and O–H groups in total. The lowest BCUT2D eigenvalue weighted by Crippen LogP contribution is -2.02. The smallest absolute Gasteiger partial charge is 0.338 e. The van der Waals surface area contributed by atoms with Crippen LogP contribution in [0.3, 0.4) is 0 Å². The summed E-state index contributed by atoms with van der Waals surface area (Å²) in [5.41, 5.74) is 6.84. The number of carbonyl (C=O) groups is 1. The van der Waals surface area contributed by atoms with Crippen molar-refractivity contribution >= 4 is 44.0 Å². The van der Waals surface area contributed by atoms with E-state index in [1.54, 1.807) is 23.5 Å². The van der Waals surface area contributed by atoms with Crippen LogP contribution in [-0.4, -0.2) is 18.1 Å². The van der Waals surface area contributed by atoms with Gasteiger partial charge in [-0.25, -0.2) is 9.78 Å². The van der Waals surface area contributed by atoms with Crippen LogP contribution in [0.25, 0.3) is 10.2 Å². The van der Waals surface area contributed by atoms with Crippen molar-refractivity contribution in [3.05, 3.63) is 40.1 Å². The van der Waals surface area contributed by atoms with Crippen molar-refractivity contribution in [2.75, 3.05) is 12.8 Å². The van der Waals surface area contributed by atoms with Gasteiger partial charge in [0.15, 0.2) is 5.13 Å². The van der Waals surface area contributed by atoms with E-state index in [1.165, 1.54) is 18.4 Å². The molecule has 21 heavy (non-hydrogen) atoms. The van der Waals surface area contributed by atoms with Gasteiger partial charge >= 0.3 is 5.97 Å². The minimum Gasteiger partial charge on any atom is -0.486 e. The molecule has 0 aliphatic heterocycles. The van der Waals surface area contributed by atoms with E-state index in [0.717, 1.165) is 9.58 Å². The van der Waals surface area contributed by atoms with Crippen molar-refractivity contribution < 1.29 is 14.3 Å². The molecule has 0 bridgehead atoms. The van der Waals surface area contributed by atoms with Gasteiger partial charge in [-0.05, 0) is 23.6 Å². The van der Waals surface area contributed by atoms with Gasteiger partial charge in [-0.3, -0.25) is 0 Å². The molecule has 0 aliphatic carbocycles. The summed E-state index contributed by atoms with van der Waals surface area (Å²) in [6.07, 6.45) is 0. The molecule has 2 aromatic heterocycles. The SMILES string of the molecule is COC(=O)c1cc(OCc2cccs2)c2nc(N)sc2c1. The summed E-state index contributed by atoms with van der Waals surface area (Å²) in [6, 6.07) is 7.31. The molecule has 0 radical (unpaired) electrons. The lowest BCUT2D eigenvalue weighted by molar-refractivity contribution is 0.0600. The third-order valence-electron chi connectivity index (χ3n) is 2.85. The number of anilines is 1. The topological polar surface area (TPSA) is 74.4 Å². The molecular weight excluding hydrogens is 308 g/mol. The predicted molar refractivity (Wildman–Crippen MR) is 84.0 cm³/mol. The molecule has 0 saturated carbocycles. The second-order valence-corrected chi connectivity index (χ2v) is 6.33. The number of hydrogen-bond donors (Lipinski definition) is 1. The Morgan fingerprint density at radius 2 is 2.29 bits per heavy atom. The summed E-state index contributed by atoms with van der Waals surface area (Å²) < 4.78 is 11.4. The number of aromatic nitrogens is 1. The van der Waals surface area contributed by atoms with E-state index < -0.39 is 5.97 Å². The second kappa shape index (κ2) is 5.71. The number of rotatable bonds is 4. The number of nitrogens with zero attached hydrogens (tertiary/aromatic N) is 1. The highest BCUT2D eigenvalue weighted by atomic mass is 32.1. The van der Waals surface area contributed by atoms with Gasteiger partial charge in [-0.1, -0.05) is 17.4 Å². The number of nitrogen functional groups attached to an aromatic ring is 1. The zero-order chi connectivity index (χ0) is 14.8. The molecule has 2 heterocycles. The Morgan fingerprint density at radius 3 is 3.00 bits per heavy atom. The van der Waals surface area contributed by atoms with Crippen LogP contribution in [0.15, 0.2) is 29.6 Å². The molecule has 0 atom stereocenters. The van der Waals surface area contributed by atoms with Crippen LogP contribution in [0.4, 0.5) is 5.13 Å². The molecule has 1 aromatic carbocycles. The van der Waals surface area contributed by atoms with Gasteiger partial charge in [0, 0.05) is 4.88 Å². The molecule has 0 spiro atoms. The molecule has 5 nitrogen and oxygen atoms in total. The number of nitrogens with two attached hydrogens (primary N) is 1. The average Bonchev–Trinajstić information content (AvgIpc) is 3.11. The van der Waals surface area contributed by atoms with Gasteiger partial charge in [-0.15, -0.1) is 11.3 Å². The van der Waals surface area contributed by atoms with Gasteiger partial charge < -0.3 is 15.2 Å². The first kappa shape index (κ1) is 13.8. The van der Waals surface area contributed by atoms with Crippen molar-refractivity contribution in [3.8, 4) is 5.75 Å². The van der Waals surface area contributed by atoms with Crippen molar-refractivity contribution in [1.29, 1.82) is 0 Å². The third-order valence-corrected chi connectivity index (χ3v) is 4.53. The maximum atomic E-state index is 11.7. The predicted octanol–water partition coefficient (Wildman–Crippen LogP) is 3.31. The molecule has 7 heteroatoms. The van der Waals surface area contributed by atoms with E-state index in [9.17, 15) is 4.79 Å². The summed E-state index contributed by atoms with van der Waals surface area (Å²) in [7, 11) is 1.35. The molecule has 0 amide bonds. The summed E-state index contributed by atoms with van der Waals surface area (Å²) in [4.78, 5) is 17.1. The van der Waals surface area contributed by atoms with Crippen LogP contribution in [-0.2, 0) is 11.3 Å². The van der Waals surface area contributed by atoms with Crippen LogP contribution in [0, 0.1) is 0 Å². The Hall–Kier alpha value is -2.12. The lowest BCUT2D eigenvalue weighted by atomic mass is 10.2. The van der Waals surface area contributed by atoms with Gasteiger partial charge in [0.05, 0.1) is 17.4 Å². The van der Waals surface area contributed by atoms with E-state index in [1.807, 2.05) is 17.5 Å². The number of thiophene rings is 1. The van der Waals surface area contributed by atoms with Crippen LogP contribution in [0.2, 0.25) is 0 Å². The zero-order valence-corrected chi connectivity index (χ0v) is 12.8. The summed E-state index contributed by atoms with van der Waals surface area (Å²) >= 11 is 2.92. The molecule has 0 saturated heterocycles. The van der Waals surface area contributed by atoms with Gasteiger partial charge in [-0.2, -0.15) is 0 Å². The zero-order valence-electron chi connectivity index (χ0n) is 11.2. The van der Waals surface area contributed by atoms with E-state index in [4.69, 9.17) is 15.2 Å². The number of thiazole rings is 1.